The van der Waals surface area contributed by atoms with Crippen LogP contribution < -0.4 is 5.73 Å². The number of nitrogens with two attached hydrogens (primary N) is 1. The Kier molecular flexibility index (Phi) is 2.22. The van der Waals surface area contributed by atoms with Crippen molar-refractivity contribution < 1.29 is 0 Å². The smallest absolute Gasteiger partial charge is 0.145 e. The molecule has 0 aliphatic carbocycles. The van der Waals surface area contributed by atoms with Crippen LogP contribution in [0.4, 0.5) is 5.82 Å². The number of rotatable bonds is 3. The zero-order valence-electron chi connectivity index (χ0n) is 8.09. The Hall–Kier alpha value is -1.78. The predicted octanol–water partition coefficient (Wildman–Crippen LogP) is 0.670. The maximum atomic E-state index is 5.50. The van der Waals surface area contributed by atoms with Crippen LogP contribution in [0.25, 0.3) is 0 Å². The average molecular weight is 191 g/mol. The van der Waals surface area contributed by atoms with Crippen LogP contribution in [0.5, 0.6) is 0 Å². The Bertz CT molecular complexity index is 374. The van der Waals surface area contributed by atoms with Crippen LogP contribution in [0.2, 0.25) is 0 Å². The molecule has 0 aliphatic heterocycles. The van der Waals surface area contributed by atoms with E-state index in [4.69, 9.17) is 5.73 Å². The van der Waals surface area contributed by atoms with Gasteiger partial charge in [-0.2, -0.15) is 10.2 Å². The topological polar surface area (TPSA) is 61.7 Å². The number of nitrogen functional groups attached to an aromatic ring is 1. The highest BCUT2D eigenvalue weighted by Gasteiger charge is 1.96. The van der Waals surface area contributed by atoms with E-state index in [0.29, 0.717) is 5.82 Å². The summed E-state index contributed by atoms with van der Waals surface area (Å²) >= 11 is 0. The van der Waals surface area contributed by atoms with Crippen molar-refractivity contribution in [2.75, 3.05) is 5.73 Å². The highest BCUT2D eigenvalue weighted by Crippen LogP contribution is 1.98. The van der Waals surface area contributed by atoms with Crippen LogP contribution in [-0.2, 0) is 13.1 Å². The molecule has 74 valence electrons. The quantitative estimate of drug-likeness (QED) is 0.775. The molecule has 5 heteroatoms. The van der Waals surface area contributed by atoms with Gasteiger partial charge in [0, 0.05) is 12.4 Å². The fourth-order valence-electron chi connectivity index (χ4n) is 1.30. The number of hydrogen-bond acceptors (Lipinski definition) is 3. The first-order chi connectivity index (χ1) is 6.74. The van der Waals surface area contributed by atoms with Crippen molar-refractivity contribution in [1.82, 2.24) is 19.6 Å². The van der Waals surface area contributed by atoms with Gasteiger partial charge in [-0.25, -0.2) is 0 Å². The second-order valence-corrected chi connectivity index (χ2v) is 3.28. The van der Waals surface area contributed by atoms with Gasteiger partial charge >= 0.3 is 0 Å². The minimum atomic E-state index is 0.557. The van der Waals surface area contributed by atoms with Gasteiger partial charge in [-0.3, -0.25) is 9.36 Å². The number of hydrogen-bond donors (Lipinski definition) is 1. The van der Waals surface area contributed by atoms with Gasteiger partial charge < -0.3 is 5.73 Å². The summed E-state index contributed by atoms with van der Waals surface area (Å²) in [5, 5.41) is 8.27. The molecule has 0 saturated carbocycles. The van der Waals surface area contributed by atoms with Crippen LogP contribution in [0.1, 0.15) is 5.56 Å². The maximum Gasteiger partial charge on any atom is 0.145 e. The number of anilines is 1. The lowest BCUT2D eigenvalue weighted by atomic mass is 10.4. The lowest BCUT2D eigenvalue weighted by Crippen LogP contribution is -2.08. The van der Waals surface area contributed by atoms with Crippen LogP contribution in [0, 0.1) is 6.92 Å². The molecule has 0 bridgehead atoms. The third-order valence-corrected chi connectivity index (χ3v) is 1.98. The Morgan fingerprint density at radius 2 is 2.14 bits per heavy atom. The number of aryl methyl sites for hydroxylation is 3. The molecule has 0 fully saturated rings. The van der Waals surface area contributed by atoms with E-state index in [1.807, 2.05) is 34.9 Å². The highest BCUT2D eigenvalue weighted by atomic mass is 15.3. The monoisotopic (exact) mass is 191 g/mol. The summed E-state index contributed by atoms with van der Waals surface area (Å²) in [5.74, 6) is 0.557. The second-order valence-electron chi connectivity index (χ2n) is 3.28. The average Bonchev–Trinajstić information content (AvgIpc) is 2.72. The van der Waals surface area contributed by atoms with Crippen molar-refractivity contribution in [1.29, 1.82) is 0 Å². The first kappa shape index (κ1) is 8.80. The van der Waals surface area contributed by atoms with Crippen molar-refractivity contribution in [3.8, 4) is 0 Å². The Morgan fingerprint density at radius 3 is 2.71 bits per heavy atom. The van der Waals surface area contributed by atoms with Gasteiger partial charge in [-0.05, 0) is 18.6 Å². The molecular weight excluding hydrogens is 178 g/mol. The summed E-state index contributed by atoms with van der Waals surface area (Å²) in [5.41, 5.74) is 6.67. The van der Waals surface area contributed by atoms with Gasteiger partial charge in [-0.15, -0.1) is 0 Å². The molecule has 0 spiro atoms. The van der Waals surface area contributed by atoms with Gasteiger partial charge in [-0.1, -0.05) is 0 Å². The molecule has 0 unspecified atom stereocenters. The zero-order valence-corrected chi connectivity index (χ0v) is 8.09. The lowest BCUT2D eigenvalue weighted by Gasteiger charge is -2.01. The summed E-state index contributed by atoms with van der Waals surface area (Å²) in [6.45, 7) is 3.63. The maximum absolute atomic E-state index is 5.50. The largest absolute Gasteiger partial charge is 0.382 e. The third-order valence-electron chi connectivity index (χ3n) is 1.98. The molecule has 2 heterocycles. The summed E-state index contributed by atoms with van der Waals surface area (Å²) in [6, 6.07) is 1.79. The summed E-state index contributed by atoms with van der Waals surface area (Å²) in [7, 11) is 0. The fourth-order valence-corrected chi connectivity index (χ4v) is 1.30. The Morgan fingerprint density at radius 1 is 1.36 bits per heavy atom. The number of nitrogens with zero attached hydrogens (tertiary/aromatic N) is 4. The van der Waals surface area contributed by atoms with Gasteiger partial charge in [0.25, 0.3) is 0 Å². The standard InChI is InChI=1S/C9H13N5/c1-8-6-11-14(7-8)5-4-13-3-2-9(10)12-13/h2-3,6-7H,4-5H2,1H3,(H2,10,12). The van der Waals surface area contributed by atoms with E-state index in [2.05, 4.69) is 10.2 Å². The molecule has 2 aromatic heterocycles. The first-order valence-electron chi connectivity index (χ1n) is 4.52. The summed E-state index contributed by atoms with van der Waals surface area (Å²) in [6.07, 6.45) is 5.72. The molecule has 14 heavy (non-hydrogen) atoms. The lowest BCUT2D eigenvalue weighted by molar-refractivity contribution is 0.501. The molecule has 5 nitrogen and oxygen atoms in total. The minimum absolute atomic E-state index is 0.557. The molecule has 0 amide bonds. The zero-order chi connectivity index (χ0) is 9.97. The van der Waals surface area contributed by atoms with Gasteiger partial charge in [0.15, 0.2) is 0 Å². The van der Waals surface area contributed by atoms with E-state index in [1.165, 1.54) is 5.56 Å². The third kappa shape index (κ3) is 1.93. The summed E-state index contributed by atoms with van der Waals surface area (Å²) < 4.78 is 3.71. The SMILES string of the molecule is Cc1cnn(CCn2ccc(N)n2)c1. The van der Waals surface area contributed by atoms with E-state index in [0.717, 1.165) is 13.1 Å². The van der Waals surface area contributed by atoms with Crippen LogP contribution in [0.3, 0.4) is 0 Å². The van der Waals surface area contributed by atoms with Crippen molar-refractivity contribution in [3.05, 3.63) is 30.2 Å². The van der Waals surface area contributed by atoms with E-state index in [9.17, 15) is 0 Å². The normalized spacial score (nSPS) is 10.6. The predicted molar refractivity (Wildman–Crippen MR) is 53.6 cm³/mol. The van der Waals surface area contributed by atoms with Crippen molar-refractivity contribution in [3.63, 3.8) is 0 Å². The molecule has 0 aromatic carbocycles. The Labute approximate surface area is 82.1 Å². The van der Waals surface area contributed by atoms with E-state index in [-0.39, 0.29) is 0 Å². The fraction of sp³-hybridized carbons (Fsp3) is 0.333. The van der Waals surface area contributed by atoms with Crippen LogP contribution in [-0.4, -0.2) is 19.6 Å². The molecule has 2 N–H and O–H groups in total. The molecule has 0 aliphatic rings. The highest BCUT2D eigenvalue weighted by molar-refractivity contribution is 5.23. The van der Waals surface area contributed by atoms with Crippen LogP contribution in [0.15, 0.2) is 24.7 Å². The van der Waals surface area contributed by atoms with Gasteiger partial charge in [0.05, 0.1) is 19.3 Å². The van der Waals surface area contributed by atoms with Crippen LogP contribution >= 0.6 is 0 Å². The molecule has 0 atom stereocenters. The molecule has 2 rings (SSSR count). The Balaban J connectivity index is 1.94. The molecule has 2 aromatic rings. The first-order valence-corrected chi connectivity index (χ1v) is 4.52. The van der Waals surface area contributed by atoms with E-state index >= 15 is 0 Å². The second kappa shape index (κ2) is 3.53. The molecule has 0 saturated heterocycles. The molecule has 0 radical (unpaired) electrons. The molecular formula is C9H13N5. The van der Waals surface area contributed by atoms with E-state index < -0.39 is 0 Å². The van der Waals surface area contributed by atoms with Crippen molar-refractivity contribution >= 4 is 5.82 Å². The van der Waals surface area contributed by atoms with Gasteiger partial charge in [0.2, 0.25) is 0 Å². The van der Waals surface area contributed by atoms with Gasteiger partial charge in [0.1, 0.15) is 5.82 Å². The van der Waals surface area contributed by atoms with Crippen molar-refractivity contribution in [2.45, 2.75) is 20.0 Å². The van der Waals surface area contributed by atoms with Crippen molar-refractivity contribution in [2.24, 2.45) is 0 Å². The van der Waals surface area contributed by atoms with E-state index in [1.54, 1.807) is 6.07 Å². The minimum Gasteiger partial charge on any atom is -0.382 e. The summed E-state index contributed by atoms with van der Waals surface area (Å²) in [4.78, 5) is 0. The number of aromatic nitrogens is 4.